The van der Waals surface area contributed by atoms with Crippen molar-refractivity contribution in [3.8, 4) is 0 Å². The van der Waals surface area contributed by atoms with Crippen molar-refractivity contribution < 1.29 is 4.79 Å². The van der Waals surface area contributed by atoms with E-state index in [4.69, 9.17) is 11.5 Å². The average molecular weight is 229 g/mol. The van der Waals surface area contributed by atoms with Crippen LogP contribution in [0.25, 0.3) is 10.8 Å². The number of hydrogen-bond donors (Lipinski definition) is 3. The number of hydrogen-bond acceptors (Lipinski definition) is 3. The molecule has 0 fully saturated rings. The van der Waals surface area contributed by atoms with E-state index >= 15 is 0 Å². The summed E-state index contributed by atoms with van der Waals surface area (Å²) in [5, 5.41) is 4.31. The molecule has 1 amide bonds. The van der Waals surface area contributed by atoms with Crippen LogP contribution < -0.4 is 16.8 Å². The Balaban J connectivity index is 2.71. The van der Waals surface area contributed by atoms with Crippen LogP contribution in [0.5, 0.6) is 0 Å². The Morgan fingerprint density at radius 2 is 1.88 bits per heavy atom. The maximum Gasteiger partial charge on any atom is 0.251 e. The number of anilines is 2. The summed E-state index contributed by atoms with van der Waals surface area (Å²) in [5.74, 6) is -0.108. The van der Waals surface area contributed by atoms with Gasteiger partial charge in [-0.25, -0.2) is 0 Å². The monoisotopic (exact) mass is 229 g/mol. The first-order chi connectivity index (χ1) is 8.15. The highest BCUT2D eigenvalue weighted by Crippen LogP contribution is 2.29. The van der Waals surface area contributed by atoms with Crippen molar-refractivity contribution in [3.05, 3.63) is 35.9 Å². The number of fused-ring (bicyclic) bond motifs is 1. The zero-order valence-corrected chi connectivity index (χ0v) is 9.66. The van der Waals surface area contributed by atoms with Crippen LogP contribution in [0, 0.1) is 0 Å². The van der Waals surface area contributed by atoms with Crippen LogP contribution >= 0.6 is 0 Å². The first kappa shape index (κ1) is 11.3. The molecule has 2 rings (SSSR count). The summed E-state index contributed by atoms with van der Waals surface area (Å²) in [5.41, 5.74) is 13.6. The molecule has 0 aliphatic heterocycles. The largest absolute Gasteiger partial charge is 0.398 e. The Morgan fingerprint density at radius 1 is 1.18 bits per heavy atom. The molecule has 2 aromatic carbocycles. The number of nitrogen functional groups attached to an aromatic ring is 2. The summed E-state index contributed by atoms with van der Waals surface area (Å²) in [6.45, 7) is 2.47. The summed E-state index contributed by atoms with van der Waals surface area (Å²) in [6.07, 6.45) is 0. The van der Waals surface area contributed by atoms with Gasteiger partial charge in [-0.3, -0.25) is 4.79 Å². The van der Waals surface area contributed by atoms with Gasteiger partial charge in [0.05, 0.1) is 0 Å². The van der Waals surface area contributed by atoms with E-state index in [0.29, 0.717) is 23.5 Å². The lowest BCUT2D eigenvalue weighted by atomic mass is 10.0. The molecule has 2 aromatic rings. The molecule has 0 radical (unpaired) electrons. The molecule has 0 bridgehead atoms. The van der Waals surface area contributed by atoms with Gasteiger partial charge in [0.2, 0.25) is 0 Å². The molecule has 0 saturated carbocycles. The Labute approximate surface area is 99.6 Å². The van der Waals surface area contributed by atoms with E-state index in [1.54, 1.807) is 18.2 Å². The molecule has 0 spiro atoms. The number of nitrogens with one attached hydrogen (secondary N) is 1. The maximum absolute atomic E-state index is 11.9. The fourth-order valence-electron chi connectivity index (χ4n) is 1.92. The van der Waals surface area contributed by atoms with Gasteiger partial charge in [0.25, 0.3) is 5.91 Å². The molecular weight excluding hydrogens is 214 g/mol. The predicted octanol–water partition coefficient (Wildman–Crippen LogP) is 1.75. The highest BCUT2D eigenvalue weighted by molar-refractivity contribution is 6.13. The third kappa shape index (κ3) is 1.89. The third-order valence-corrected chi connectivity index (χ3v) is 2.69. The number of nitrogens with two attached hydrogens (primary N) is 2. The summed E-state index contributed by atoms with van der Waals surface area (Å²) >= 11 is 0. The molecule has 0 saturated heterocycles. The minimum Gasteiger partial charge on any atom is -0.398 e. The number of carbonyl (C=O) groups is 1. The highest BCUT2D eigenvalue weighted by atomic mass is 16.1. The van der Waals surface area contributed by atoms with E-state index < -0.39 is 0 Å². The van der Waals surface area contributed by atoms with Crippen LogP contribution in [-0.2, 0) is 0 Å². The van der Waals surface area contributed by atoms with E-state index in [0.717, 1.165) is 10.8 Å². The number of amides is 1. The zero-order chi connectivity index (χ0) is 12.4. The molecule has 0 aliphatic carbocycles. The quantitative estimate of drug-likeness (QED) is 0.686. The van der Waals surface area contributed by atoms with Gasteiger partial charge in [-0.1, -0.05) is 12.1 Å². The van der Waals surface area contributed by atoms with Gasteiger partial charge in [0.1, 0.15) is 0 Å². The van der Waals surface area contributed by atoms with Gasteiger partial charge in [-0.2, -0.15) is 0 Å². The van der Waals surface area contributed by atoms with Crippen LogP contribution in [-0.4, -0.2) is 12.5 Å². The van der Waals surface area contributed by atoms with Gasteiger partial charge in [-0.05, 0) is 30.5 Å². The van der Waals surface area contributed by atoms with Crippen LogP contribution in [0.15, 0.2) is 30.3 Å². The predicted molar refractivity (Wildman–Crippen MR) is 70.8 cm³/mol. The van der Waals surface area contributed by atoms with Crippen molar-refractivity contribution in [1.82, 2.24) is 5.32 Å². The fraction of sp³-hybridized carbons (Fsp3) is 0.154. The standard InChI is InChI=1S/C13H15N3O/c1-2-16-13(17)9-6-7-11(15)12-8(9)4-3-5-10(12)14/h3-7H,2,14-15H2,1H3,(H,16,17). The molecule has 5 N–H and O–H groups in total. The lowest BCUT2D eigenvalue weighted by Gasteiger charge is -2.10. The topological polar surface area (TPSA) is 81.1 Å². The molecule has 0 unspecified atom stereocenters. The highest BCUT2D eigenvalue weighted by Gasteiger charge is 2.11. The molecule has 0 atom stereocenters. The second-order valence-corrected chi connectivity index (χ2v) is 3.83. The molecule has 0 aromatic heterocycles. The van der Waals surface area contributed by atoms with Gasteiger partial charge in [0.15, 0.2) is 0 Å². The third-order valence-electron chi connectivity index (χ3n) is 2.69. The second-order valence-electron chi connectivity index (χ2n) is 3.83. The zero-order valence-electron chi connectivity index (χ0n) is 9.66. The van der Waals surface area contributed by atoms with Crippen molar-refractivity contribution >= 4 is 28.1 Å². The summed E-state index contributed by atoms with van der Waals surface area (Å²) in [4.78, 5) is 11.9. The van der Waals surface area contributed by atoms with Crippen LogP contribution in [0.3, 0.4) is 0 Å². The van der Waals surface area contributed by atoms with Crippen molar-refractivity contribution in [1.29, 1.82) is 0 Å². The van der Waals surface area contributed by atoms with Crippen molar-refractivity contribution in [2.24, 2.45) is 0 Å². The number of rotatable bonds is 2. The smallest absolute Gasteiger partial charge is 0.251 e. The maximum atomic E-state index is 11.9. The van der Waals surface area contributed by atoms with E-state index in [9.17, 15) is 4.79 Å². The Morgan fingerprint density at radius 3 is 2.59 bits per heavy atom. The van der Waals surface area contributed by atoms with Gasteiger partial charge in [0, 0.05) is 28.9 Å². The van der Waals surface area contributed by atoms with Gasteiger partial charge >= 0.3 is 0 Å². The molecule has 17 heavy (non-hydrogen) atoms. The minimum absolute atomic E-state index is 0.108. The molecule has 0 aliphatic rings. The molecule has 4 heteroatoms. The lowest BCUT2D eigenvalue weighted by Crippen LogP contribution is -2.23. The van der Waals surface area contributed by atoms with Crippen LogP contribution in [0.4, 0.5) is 11.4 Å². The van der Waals surface area contributed by atoms with Crippen LogP contribution in [0.2, 0.25) is 0 Å². The van der Waals surface area contributed by atoms with E-state index in [2.05, 4.69) is 5.32 Å². The lowest BCUT2D eigenvalue weighted by molar-refractivity contribution is 0.0957. The number of carbonyl (C=O) groups excluding carboxylic acids is 1. The molecule has 88 valence electrons. The summed E-state index contributed by atoms with van der Waals surface area (Å²) < 4.78 is 0. The SMILES string of the molecule is CCNC(=O)c1ccc(N)c2c(N)cccc12. The normalized spacial score (nSPS) is 10.4. The van der Waals surface area contributed by atoms with Crippen LogP contribution in [0.1, 0.15) is 17.3 Å². The Bertz CT molecular complexity index is 570. The van der Waals surface area contributed by atoms with Crippen molar-refractivity contribution in [2.75, 3.05) is 18.0 Å². The second kappa shape index (κ2) is 4.33. The fourth-order valence-corrected chi connectivity index (χ4v) is 1.92. The Hall–Kier alpha value is -2.23. The number of benzene rings is 2. The molecular formula is C13H15N3O. The van der Waals surface area contributed by atoms with Gasteiger partial charge < -0.3 is 16.8 Å². The summed E-state index contributed by atoms with van der Waals surface area (Å²) in [7, 11) is 0. The van der Waals surface area contributed by atoms with E-state index in [1.807, 2.05) is 19.1 Å². The van der Waals surface area contributed by atoms with E-state index in [1.165, 1.54) is 0 Å². The first-order valence-electron chi connectivity index (χ1n) is 5.50. The molecule has 4 nitrogen and oxygen atoms in total. The first-order valence-corrected chi connectivity index (χ1v) is 5.50. The molecule has 0 heterocycles. The Kier molecular flexibility index (Phi) is 2.87. The minimum atomic E-state index is -0.108. The van der Waals surface area contributed by atoms with Crippen molar-refractivity contribution in [3.63, 3.8) is 0 Å². The van der Waals surface area contributed by atoms with Crippen molar-refractivity contribution in [2.45, 2.75) is 6.92 Å². The van der Waals surface area contributed by atoms with Gasteiger partial charge in [-0.15, -0.1) is 0 Å². The average Bonchev–Trinajstić information content (AvgIpc) is 2.29. The van der Waals surface area contributed by atoms with E-state index in [-0.39, 0.29) is 5.91 Å². The summed E-state index contributed by atoms with van der Waals surface area (Å²) in [6, 6.07) is 8.89.